The van der Waals surface area contributed by atoms with Gasteiger partial charge in [-0.05, 0) is 48.6 Å². The molecule has 162 valence electrons. The van der Waals surface area contributed by atoms with Crippen LogP contribution in [0.2, 0.25) is 0 Å². The summed E-state index contributed by atoms with van der Waals surface area (Å²) in [7, 11) is 5.19. The highest BCUT2D eigenvalue weighted by Crippen LogP contribution is 2.45. The summed E-state index contributed by atoms with van der Waals surface area (Å²) in [6.45, 7) is 1.90. The predicted molar refractivity (Wildman–Crippen MR) is 115 cm³/mol. The summed E-state index contributed by atoms with van der Waals surface area (Å²) in [6.07, 6.45) is 5.66. The number of rotatable bonds is 3. The van der Waals surface area contributed by atoms with Gasteiger partial charge in [-0.15, -0.1) is 0 Å². The molecular weight excluding hydrogens is 396 g/mol. The average molecular weight is 422 g/mol. The minimum Gasteiger partial charge on any atom is -0.493 e. The average Bonchev–Trinajstić information content (AvgIpc) is 3.18. The number of imidazole rings is 1. The minimum atomic E-state index is -0.396. The molecule has 5 rings (SSSR count). The van der Waals surface area contributed by atoms with Crippen molar-refractivity contribution in [2.45, 2.75) is 24.9 Å². The molecule has 3 aromatic rings. The van der Waals surface area contributed by atoms with E-state index in [9.17, 15) is 4.79 Å². The van der Waals surface area contributed by atoms with Gasteiger partial charge in [0.15, 0.2) is 17.1 Å². The molecule has 8 heteroatoms. The summed E-state index contributed by atoms with van der Waals surface area (Å²) in [5.74, 6) is 1.43. The summed E-state index contributed by atoms with van der Waals surface area (Å²) >= 11 is 0. The maximum absolute atomic E-state index is 13.1. The molecule has 1 aromatic carbocycles. The first-order valence-corrected chi connectivity index (χ1v) is 10.5. The second-order valence-corrected chi connectivity index (χ2v) is 8.17. The number of fused-ring (bicyclic) bond motifs is 3. The van der Waals surface area contributed by atoms with Crippen LogP contribution < -0.4 is 9.47 Å². The van der Waals surface area contributed by atoms with Crippen LogP contribution in [0, 0.1) is 0 Å². The van der Waals surface area contributed by atoms with E-state index in [0.29, 0.717) is 31.0 Å². The fraction of sp³-hybridized carbons (Fsp3) is 0.435. The molecular formula is C23H26N4O4. The molecule has 4 heterocycles. The lowest BCUT2D eigenvalue weighted by atomic mass is 9.79. The van der Waals surface area contributed by atoms with Gasteiger partial charge in [0.05, 0.1) is 38.3 Å². The van der Waals surface area contributed by atoms with E-state index in [1.54, 1.807) is 26.7 Å². The van der Waals surface area contributed by atoms with Gasteiger partial charge in [0.1, 0.15) is 5.52 Å². The Bertz CT molecular complexity index is 1150. The Labute approximate surface area is 180 Å². The number of methoxy groups -OCH3 is 2. The number of aryl methyl sites for hydroxylation is 1. The highest BCUT2D eigenvalue weighted by Gasteiger charge is 2.42. The van der Waals surface area contributed by atoms with Crippen molar-refractivity contribution in [2.24, 2.45) is 7.05 Å². The lowest BCUT2D eigenvalue weighted by Crippen LogP contribution is -2.48. The molecule has 0 aliphatic carbocycles. The van der Waals surface area contributed by atoms with Crippen LogP contribution in [0.3, 0.4) is 0 Å². The molecule has 8 nitrogen and oxygen atoms in total. The van der Waals surface area contributed by atoms with Crippen molar-refractivity contribution in [3.05, 3.63) is 47.4 Å². The molecule has 1 fully saturated rings. The fourth-order valence-electron chi connectivity index (χ4n) is 4.79. The largest absolute Gasteiger partial charge is 0.493 e. The van der Waals surface area contributed by atoms with Gasteiger partial charge < -0.3 is 23.7 Å². The Kier molecular flexibility index (Phi) is 4.81. The van der Waals surface area contributed by atoms with Crippen molar-refractivity contribution in [3.8, 4) is 11.5 Å². The SMILES string of the molecule is COc1cc2c(cc1OC)C1(CCN(C(=O)c3cnc4c(c3)ncn4C)CC1)OCC2. The van der Waals surface area contributed by atoms with Crippen molar-refractivity contribution in [1.82, 2.24) is 19.4 Å². The lowest BCUT2D eigenvalue weighted by Gasteiger charge is -2.45. The van der Waals surface area contributed by atoms with Gasteiger partial charge in [0.2, 0.25) is 0 Å². The van der Waals surface area contributed by atoms with Crippen LogP contribution in [0.5, 0.6) is 11.5 Å². The van der Waals surface area contributed by atoms with Gasteiger partial charge in [-0.3, -0.25) is 4.79 Å². The Morgan fingerprint density at radius 2 is 1.84 bits per heavy atom. The molecule has 0 radical (unpaired) electrons. The molecule has 1 saturated heterocycles. The van der Waals surface area contributed by atoms with Crippen LogP contribution in [0.1, 0.15) is 34.3 Å². The van der Waals surface area contributed by atoms with Crippen LogP contribution in [-0.4, -0.2) is 59.3 Å². The van der Waals surface area contributed by atoms with E-state index in [1.807, 2.05) is 28.6 Å². The summed E-state index contributed by atoms with van der Waals surface area (Å²) in [5, 5.41) is 0. The second kappa shape index (κ2) is 7.53. The number of aromatic nitrogens is 3. The quantitative estimate of drug-likeness (QED) is 0.646. The monoisotopic (exact) mass is 422 g/mol. The predicted octanol–water partition coefficient (Wildman–Crippen LogP) is 2.69. The van der Waals surface area contributed by atoms with Gasteiger partial charge in [-0.1, -0.05) is 0 Å². The van der Waals surface area contributed by atoms with Gasteiger partial charge in [0.25, 0.3) is 5.91 Å². The van der Waals surface area contributed by atoms with Crippen LogP contribution in [0.4, 0.5) is 0 Å². The van der Waals surface area contributed by atoms with Gasteiger partial charge in [0, 0.05) is 26.3 Å². The molecule has 0 atom stereocenters. The molecule has 1 spiro atoms. The number of piperidine rings is 1. The Balaban J connectivity index is 1.38. The van der Waals surface area contributed by atoms with Gasteiger partial charge >= 0.3 is 0 Å². The van der Waals surface area contributed by atoms with E-state index in [0.717, 1.165) is 41.7 Å². The fourth-order valence-corrected chi connectivity index (χ4v) is 4.79. The molecule has 0 saturated carbocycles. The van der Waals surface area contributed by atoms with E-state index in [4.69, 9.17) is 14.2 Å². The molecule has 2 aliphatic rings. The number of carbonyl (C=O) groups excluding carboxylic acids is 1. The number of hydrogen-bond donors (Lipinski definition) is 0. The van der Waals surface area contributed by atoms with E-state index in [-0.39, 0.29) is 5.91 Å². The summed E-state index contributed by atoms with van der Waals surface area (Å²) in [4.78, 5) is 23.7. The van der Waals surface area contributed by atoms with Crippen molar-refractivity contribution in [1.29, 1.82) is 0 Å². The van der Waals surface area contributed by atoms with Crippen LogP contribution >= 0.6 is 0 Å². The van der Waals surface area contributed by atoms with Gasteiger partial charge in [-0.2, -0.15) is 0 Å². The number of likely N-dealkylation sites (tertiary alicyclic amines) is 1. The molecule has 0 bridgehead atoms. The normalized spacial score (nSPS) is 17.6. The van der Waals surface area contributed by atoms with E-state index < -0.39 is 5.60 Å². The highest BCUT2D eigenvalue weighted by molar-refractivity contribution is 5.96. The number of ether oxygens (including phenoxy) is 3. The molecule has 2 aromatic heterocycles. The van der Waals surface area contributed by atoms with Crippen LogP contribution in [0.25, 0.3) is 11.2 Å². The number of carbonyl (C=O) groups is 1. The lowest BCUT2D eigenvalue weighted by molar-refractivity contribution is -0.0936. The molecule has 31 heavy (non-hydrogen) atoms. The first-order valence-electron chi connectivity index (χ1n) is 10.5. The highest BCUT2D eigenvalue weighted by atomic mass is 16.5. The first kappa shape index (κ1) is 19.8. The molecule has 0 N–H and O–H groups in total. The first-order chi connectivity index (χ1) is 15.0. The smallest absolute Gasteiger partial charge is 0.255 e. The number of hydrogen-bond acceptors (Lipinski definition) is 6. The summed E-state index contributed by atoms with van der Waals surface area (Å²) in [6, 6.07) is 5.92. The maximum atomic E-state index is 13.1. The molecule has 2 aliphatic heterocycles. The van der Waals surface area contributed by atoms with Crippen LogP contribution in [-0.2, 0) is 23.8 Å². The molecule has 1 amide bonds. The van der Waals surface area contributed by atoms with E-state index >= 15 is 0 Å². The van der Waals surface area contributed by atoms with Crippen molar-refractivity contribution in [3.63, 3.8) is 0 Å². The minimum absolute atomic E-state index is 0.0155. The third kappa shape index (κ3) is 3.22. The zero-order chi connectivity index (χ0) is 21.6. The van der Waals surface area contributed by atoms with Crippen molar-refractivity contribution >= 4 is 17.1 Å². The Hall–Kier alpha value is -3.13. The second-order valence-electron chi connectivity index (χ2n) is 8.17. The molecule has 0 unspecified atom stereocenters. The summed E-state index contributed by atoms with van der Waals surface area (Å²) < 4.78 is 19.2. The third-order valence-corrected chi connectivity index (χ3v) is 6.51. The van der Waals surface area contributed by atoms with Gasteiger partial charge in [-0.25, -0.2) is 9.97 Å². The maximum Gasteiger partial charge on any atom is 0.255 e. The van der Waals surface area contributed by atoms with E-state index in [2.05, 4.69) is 16.0 Å². The zero-order valence-electron chi connectivity index (χ0n) is 18.1. The number of nitrogens with zero attached hydrogens (tertiary/aromatic N) is 4. The van der Waals surface area contributed by atoms with E-state index in [1.165, 1.54) is 5.56 Å². The third-order valence-electron chi connectivity index (χ3n) is 6.51. The van der Waals surface area contributed by atoms with Crippen molar-refractivity contribution in [2.75, 3.05) is 33.9 Å². The summed E-state index contributed by atoms with van der Waals surface area (Å²) in [5.41, 5.74) is 4.05. The number of pyridine rings is 1. The topological polar surface area (TPSA) is 78.7 Å². The zero-order valence-corrected chi connectivity index (χ0v) is 18.1. The number of benzene rings is 1. The Morgan fingerprint density at radius 3 is 2.58 bits per heavy atom. The number of amides is 1. The standard InChI is InChI=1S/C23H26N4O4/c1-26-14-25-18-10-16(13-24-21(18)26)22(28)27-7-5-23(6-8-27)17-12-20(30-3)19(29-2)11-15(17)4-9-31-23/h10-14H,4-9H2,1-3H3. The Morgan fingerprint density at radius 1 is 1.10 bits per heavy atom. The van der Waals surface area contributed by atoms with Crippen LogP contribution in [0.15, 0.2) is 30.7 Å². The van der Waals surface area contributed by atoms with Crippen molar-refractivity contribution < 1.29 is 19.0 Å².